The van der Waals surface area contributed by atoms with Crippen molar-refractivity contribution in [3.63, 3.8) is 0 Å². The van der Waals surface area contributed by atoms with Crippen LogP contribution in [-0.4, -0.2) is 15.3 Å². The maximum absolute atomic E-state index is 13.3. The van der Waals surface area contributed by atoms with Crippen LogP contribution in [0.15, 0.2) is 63.4 Å². The molecular weight excluding hydrogens is 372 g/mol. The molecule has 4 rings (SSSR count). The first-order valence-corrected chi connectivity index (χ1v) is 11.0. The number of thioether (sulfide) groups is 2. The van der Waals surface area contributed by atoms with Crippen molar-refractivity contribution in [2.45, 2.75) is 42.5 Å². The van der Waals surface area contributed by atoms with Gasteiger partial charge in [0, 0.05) is 17.4 Å². The Morgan fingerprint density at radius 3 is 2.52 bits per heavy atom. The number of fused-ring (bicyclic) bond motifs is 1. The van der Waals surface area contributed by atoms with Crippen LogP contribution >= 0.6 is 23.5 Å². The summed E-state index contributed by atoms with van der Waals surface area (Å²) in [7, 11) is 0. The predicted octanol–water partition coefficient (Wildman–Crippen LogP) is 5.35. The second kappa shape index (κ2) is 7.56. The highest BCUT2D eigenvalue weighted by Gasteiger charge is 2.24. The molecule has 0 bridgehead atoms. The Bertz CT molecular complexity index is 1020. The monoisotopic (exact) mass is 394 g/mol. The van der Waals surface area contributed by atoms with E-state index in [0.717, 1.165) is 44.7 Å². The predicted molar refractivity (Wildman–Crippen MR) is 114 cm³/mol. The number of nitrogens with zero attached hydrogens (tertiary/aromatic N) is 2. The van der Waals surface area contributed by atoms with E-state index in [2.05, 4.69) is 63.2 Å². The molecule has 5 heteroatoms. The number of benzene rings is 2. The van der Waals surface area contributed by atoms with Gasteiger partial charge in [-0.05, 0) is 49.6 Å². The fourth-order valence-corrected chi connectivity index (χ4v) is 5.52. The molecule has 27 heavy (non-hydrogen) atoms. The largest absolute Gasteiger partial charge is 0.272 e. The number of hydrogen-bond acceptors (Lipinski definition) is 4. The van der Waals surface area contributed by atoms with Crippen molar-refractivity contribution in [1.29, 1.82) is 0 Å². The normalized spacial score (nSPS) is 14.2. The lowest BCUT2D eigenvalue weighted by atomic mass is 10.1. The van der Waals surface area contributed by atoms with Gasteiger partial charge in [0.05, 0.1) is 16.3 Å². The lowest BCUT2D eigenvalue weighted by Gasteiger charge is -2.18. The molecule has 1 aliphatic rings. The minimum Gasteiger partial charge on any atom is -0.268 e. The van der Waals surface area contributed by atoms with E-state index in [1.54, 1.807) is 28.1 Å². The Labute approximate surface area is 168 Å². The fourth-order valence-electron chi connectivity index (χ4n) is 3.43. The SMILES string of the molecule is Cc1cc(C)cc(-n2c(S[C@H](C)c3ccccc3)nc3c(c2=O)SCC3)c1. The average Bonchev–Trinajstić information content (AvgIpc) is 3.10. The van der Waals surface area contributed by atoms with E-state index in [0.29, 0.717) is 0 Å². The van der Waals surface area contributed by atoms with Gasteiger partial charge in [-0.1, -0.05) is 48.2 Å². The standard InChI is InChI=1S/C22H22N2OS2/c1-14-11-15(2)13-18(12-14)24-21(25)20-19(9-10-26-20)23-22(24)27-16(3)17-7-5-4-6-8-17/h4-8,11-13,16H,9-10H2,1-3H3/t16-/m1/s1. The minimum atomic E-state index is 0.0651. The molecule has 0 radical (unpaired) electrons. The van der Waals surface area contributed by atoms with Crippen molar-refractivity contribution in [1.82, 2.24) is 9.55 Å². The number of hydrogen-bond donors (Lipinski definition) is 0. The summed E-state index contributed by atoms with van der Waals surface area (Å²) in [6, 6.07) is 16.6. The molecule has 0 aliphatic carbocycles. The summed E-state index contributed by atoms with van der Waals surface area (Å²) in [5.74, 6) is 0.937. The number of rotatable bonds is 4. The van der Waals surface area contributed by atoms with Crippen LogP contribution < -0.4 is 5.56 Å². The quantitative estimate of drug-likeness (QED) is 0.441. The van der Waals surface area contributed by atoms with Gasteiger partial charge in [-0.3, -0.25) is 9.36 Å². The van der Waals surface area contributed by atoms with Crippen LogP contribution in [0.5, 0.6) is 0 Å². The highest BCUT2D eigenvalue weighted by molar-refractivity contribution is 7.99. The van der Waals surface area contributed by atoms with Crippen molar-refractivity contribution in [3.8, 4) is 5.69 Å². The molecule has 2 heterocycles. The third-order valence-electron chi connectivity index (χ3n) is 4.68. The first-order valence-electron chi connectivity index (χ1n) is 9.12. The highest BCUT2D eigenvalue weighted by Crippen LogP contribution is 2.36. The van der Waals surface area contributed by atoms with E-state index in [-0.39, 0.29) is 10.8 Å². The van der Waals surface area contributed by atoms with E-state index in [9.17, 15) is 4.79 Å². The van der Waals surface area contributed by atoms with Gasteiger partial charge in [0.2, 0.25) is 0 Å². The second-order valence-corrected chi connectivity index (χ2v) is 9.34. The zero-order valence-electron chi connectivity index (χ0n) is 15.7. The molecule has 0 N–H and O–H groups in total. The summed E-state index contributed by atoms with van der Waals surface area (Å²) in [6.07, 6.45) is 0.871. The maximum Gasteiger partial charge on any atom is 0.272 e. The van der Waals surface area contributed by atoms with Crippen molar-refractivity contribution in [2.24, 2.45) is 0 Å². The van der Waals surface area contributed by atoms with E-state index in [4.69, 9.17) is 4.98 Å². The third-order valence-corrected chi connectivity index (χ3v) is 6.90. The summed E-state index contributed by atoms with van der Waals surface area (Å²) in [5.41, 5.74) is 5.46. The van der Waals surface area contributed by atoms with Gasteiger partial charge in [0.1, 0.15) is 0 Å². The molecule has 2 aromatic carbocycles. The summed E-state index contributed by atoms with van der Waals surface area (Å²) in [4.78, 5) is 19.0. The first-order chi connectivity index (χ1) is 13.0. The van der Waals surface area contributed by atoms with E-state index < -0.39 is 0 Å². The minimum absolute atomic E-state index is 0.0651. The van der Waals surface area contributed by atoms with Crippen LogP contribution in [0, 0.1) is 13.8 Å². The molecule has 0 saturated carbocycles. The molecule has 3 nitrogen and oxygen atoms in total. The molecule has 1 aromatic heterocycles. The third kappa shape index (κ3) is 3.71. The topological polar surface area (TPSA) is 34.9 Å². The lowest BCUT2D eigenvalue weighted by molar-refractivity contribution is 0.736. The number of aryl methyl sites for hydroxylation is 3. The summed E-state index contributed by atoms with van der Waals surface area (Å²) in [6.45, 7) is 6.30. The Balaban J connectivity index is 1.85. The van der Waals surface area contributed by atoms with Crippen LogP contribution in [0.4, 0.5) is 0 Å². The van der Waals surface area contributed by atoms with Crippen molar-refractivity contribution >= 4 is 23.5 Å². The fraction of sp³-hybridized carbons (Fsp3) is 0.273. The molecule has 0 fully saturated rings. The van der Waals surface area contributed by atoms with Gasteiger partial charge in [0.15, 0.2) is 5.16 Å². The zero-order valence-corrected chi connectivity index (χ0v) is 17.4. The molecule has 3 aromatic rings. The molecule has 0 spiro atoms. The van der Waals surface area contributed by atoms with E-state index >= 15 is 0 Å². The number of aromatic nitrogens is 2. The second-order valence-electron chi connectivity index (χ2n) is 6.93. The molecule has 138 valence electrons. The van der Waals surface area contributed by atoms with Crippen LogP contribution in [-0.2, 0) is 6.42 Å². The van der Waals surface area contributed by atoms with Gasteiger partial charge < -0.3 is 0 Å². The molecule has 0 amide bonds. The Kier molecular flexibility index (Phi) is 5.15. The van der Waals surface area contributed by atoms with Gasteiger partial charge in [-0.25, -0.2) is 4.98 Å². The highest BCUT2D eigenvalue weighted by atomic mass is 32.2. The zero-order chi connectivity index (χ0) is 19.0. The summed E-state index contributed by atoms with van der Waals surface area (Å²) >= 11 is 3.28. The van der Waals surface area contributed by atoms with Crippen LogP contribution in [0.25, 0.3) is 5.69 Å². The van der Waals surface area contributed by atoms with Crippen LogP contribution in [0.3, 0.4) is 0 Å². The van der Waals surface area contributed by atoms with E-state index in [1.807, 2.05) is 6.07 Å². The van der Waals surface area contributed by atoms with E-state index in [1.165, 1.54) is 5.56 Å². The van der Waals surface area contributed by atoms with Gasteiger partial charge in [0.25, 0.3) is 5.56 Å². The van der Waals surface area contributed by atoms with Gasteiger partial charge >= 0.3 is 0 Å². The molecule has 1 atom stereocenters. The summed E-state index contributed by atoms with van der Waals surface area (Å²) < 4.78 is 1.81. The molecule has 0 saturated heterocycles. The first kappa shape index (κ1) is 18.4. The van der Waals surface area contributed by atoms with Crippen molar-refractivity contribution in [2.75, 3.05) is 5.75 Å². The molecule has 0 unspecified atom stereocenters. The van der Waals surface area contributed by atoms with Crippen molar-refractivity contribution < 1.29 is 0 Å². The Hall–Kier alpha value is -1.98. The van der Waals surface area contributed by atoms with Gasteiger partial charge in [-0.2, -0.15) is 0 Å². The average molecular weight is 395 g/mol. The Morgan fingerprint density at radius 2 is 1.81 bits per heavy atom. The smallest absolute Gasteiger partial charge is 0.268 e. The van der Waals surface area contributed by atoms with Crippen molar-refractivity contribution in [3.05, 3.63) is 81.3 Å². The van der Waals surface area contributed by atoms with Gasteiger partial charge in [-0.15, -0.1) is 11.8 Å². The lowest BCUT2D eigenvalue weighted by Crippen LogP contribution is -2.24. The summed E-state index contributed by atoms with van der Waals surface area (Å²) in [5, 5.41) is 0.991. The maximum atomic E-state index is 13.3. The molecule has 1 aliphatic heterocycles. The van der Waals surface area contributed by atoms with Crippen LogP contribution in [0.1, 0.15) is 34.6 Å². The van der Waals surface area contributed by atoms with Crippen LogP contribution in [0.2, 0.25) is 0 Å². The molecular formula is C22H22N2OS2. The Morgan fingerprint density at radius 1 is 1.11 bits per heavy atom.